The lowest BCUT2D eigenvalue weighted by Gasteiger charge is -2.35. The number of esters is 3. The summed E-state index contributed by atoms with van der Waals surface area (Å²) in [5, 5.41) is 0. The first-order valence-corrected chi connectivity index (χ1v) is 10.2. The van der Waals surface area contributed by atoms with Crippen molar-refractivity contribution in [2.24, 2.45) is 0 Å². The second-order valence-corrected chi connectivity index (χ2v) is 7.85. The van der Waals surface area contributed by atoms with E-state index in [-0.39, 0.29) is 24.2 Å². The average molecular weight is 412 g/mol. The van der Waals surface area contributed by atoms with Crippen LogP contribution in [0.1, 0.15) is 30.6 Å². The van der Waals surface area contributed by atoms with Crippen LogP contribution in [0.15, 0.2) is 42.0 Å². The first-order chi connectivity index (χ1) is 13.1. The molecule has 0 saturated carbocycles. The van der Waals surface area contributed by atoms with E-state index in [1.807, 2.05) is 0 Å². The van der Waals surface area contributed by atoms with Gasteiger partial charge >= 0.3 is 25.5 Å². The molecule has 1 aromatic carbocycles. The zero-order chi connectivity index (χ0) is 20.9. The molecule has 0 radical (unpaired) electrons. The van der Waals surface area contributed by atoms with Crippen LogP contribution in [0.4, 0.5) is 0 Å². The maximum atomic E-state index is 12.4. The summed E-state index contributed by atoms with van der Waals surface area (Å²) in [7, 11) is -4.87. The van der Waals surface area contributed by atoms with Crippen LogP contribution in [0.5, 0.6) is 0 Å². The molecule has 28 heavy (non-hydrogen) atoms. The van der Waals surface area contributed by atoms with Crippen molar-refractivity contribution >= 4 is 25.5 Å². The van der Waals surface area contributed by atoms with Gasteiger partial charge in [0, 0.05) is 18.9 Å². The molecule has 1 aromatic rings. The van der Waals surface area contributed by atoms with E-state index in [2.05, 4.69) is 0 Å². The molecule has 0 aliphatic heterocycles. The summed E-state index contributed by atoms with van der Waals surface area (Å²) in [5.41, 5.74) is -1.57. The minimum Gasteiger partial charge on any atom is -0.463 e. The maximum Gasteiger partial charge on any atom is 0.338 e. The molecule has 0 spiro atoms. The summed E-state index contributed by atoms with van der Waals surface area (Å²) in [4.78, 5) is 55.5. The van der Waals surface area contributed by atoms with E-state index < -0.39 is 43.4 Å². The Bertz CT molecular complexity index is 812. The third-order valence-electron chi connectivity index (χ3n) is 3.99. The van der Waals surface area contributed by atoms with Gasteiger partial charge < -0.3 is 24.0 Å². The summed E-state index contributed by atoms with van der Waals surface area (Å²) < 4.78 is 27.3. The lowest BCUT2D eigenvalue weighted by Crippen LogP contribution is -2.46. The number of hydrogen-bond acceptors (Lipinski definition) is 7. The van der Waals surface area contributed by atoms with E-state index in [1.165, 1.54) is 12.1 Å². The van der Waals surface area contributed by atoms with E-state index in [0.29, 0.717) is 0 Å². The molecule has 0 fully saturated rings. The van der Waals surface area contributed by atoms with Crippen molar-refractivity contribution in [1.82, 2.24) is 0 Å². The summed E-state index contributed by atoms with van der Waals surface area (Å²) in [6.45, 7) is 2.74. The highest BCUT2D eigenvalue weighted by molar-refractivity contribution is 7.52. The molecule has 0 bridgehead atoms. The molecular formula is C18H21O9P. The molecule has 2 rings (SSSR count). The number of ether oxygens (including phenoxy) is 3. The number of hydrogen-bond donors (Lipinski definition) is 2. The molecular weight excluding hydrogens is 391 g/mol. The van der Waals surface area contributed by atoms with Gasteiger partial charge in [-0.2, -0.15) is 0 Å². The normalized spacial score (nSPS) is 22.0. The van der Waals surface area contributed by atoms with Gasteiger partial charge in [-0.05, 0) is 19.1 Å². The first kappa shape index (κ1) is 21.8. The van der Waals surface area contributed by atoms with Crippen molar-refractivity contribution in [3.8, 4) is 0 Å². The van der Waals surface area contributed by atoms with E-state index >= 15 is 0 Å². The van der Waals surface area contributed by atoms with Gasteiger partial charge in [0.15, 0.2) is 6.10 Å². The Morgan fingerprint density at radius 1 is 1.11 bits per heavy atom. The zero-order valence-corrected chi connectivity index (χ0v) is 16.2. The quantitative estimate of drug-likeness (QED) is 0.405. The van der Waals surface area contributed by atoms with Crippen LogP contribution in [0, 0.1) is 0 Å². The van der Waals surface area contributed by atoms with Crippen LogP contribution in [-0.4, -0.2) is 52.2 Å². The van der Waals surface area contributed by atoms with Gasteiger partial charge in [-0.15, -0.1) is 0 Å². The monoisotopic (exact) mass is 412 g/mol. The topological polar surface area (TPSA) is 136 Å². The minimum absolute atomic E-state index is 0.0569. The fourth-order valence-corrected chi connectivity index (χ4v) is 3.83. The lowest BCUT2D eigenvalue weighted by atomic mass is 9.93. The van der Waals surface area contributed by atoms with Crippen LogP contribution in [0.2, 0.25) is 0 Å². The molecule has 10 heteroatoms. The van der Waals surface area contributed by atoms with Crippen LogP contribution in [-0.2, 0) is 28.4 Å². The third kappa shape index (κ3) is 5.51. The molecule has 0 unspecified atom stereocenters. The highest BCUT2D eigenvalue weighted by Gasteiger charge is 2.47. The molecule has 0 amide bonds. The first-order valence-electron chi connectivity index (χ1n) is 8.49. The average Bonchev–Trinajstić information content (AvgIpc) is 2.62. The molecule has 0 aromatic heterocycles. The highest BCUT2D eigenvalue weighted by atomic mass is 31.2. The van der Waals surface area contributed by atoms with Crippen LogP contribution >= 0.6 is 7.60 Å². The van der Waals surface area contributed by atoms with Crippen LogP contribution in [0.3, 0.4) is 0 Å². The van der Waals surface area contributed by atoms with Crippen molar-refractivity contribution in [2.75, 3.05) is 6.61 Å². The third-order valence-corrected chi connectivity index (χ3v) is 5.21. The van der Waals surface area contributed by atoms with E-state index in [0.717, 1.165) is 13.0 Å². The summed E-state index contributed by atoms with van der Waals surface area (Å²) in [6, 6.07) is 7.82. The Kier molecular flexibility index (Phi) is 7.12. The smallest absolute Gasteiger partial charge is 0.338 e. The van der Waals surface area contributed by atoms with Crippen molar-refractivity contribution in [3.05, 3.63) is 47.5 Å². The van der Waals surface area contributed by atoms with Crippen molar-refractivity contribution in [1.29, 1.82) is 0 Å². The summed E-state index contributed by atoms with van der Waals surface area (Å²) in [5.74, 6) is -2.37. The van der Waals surface area contributed by atoms with Crippen LogP contribution < -0.4 is 0 Å². The minimum atomic E-state index is -4.87. The number of carbonyl (C=O) groups is 3. The van der Waals surface area contributed by atoms with Gasteiger partial charge in [-0.3, -0.25) is 9.36 Å². The summed E-state index contributed by atoms with van der Waals surface area (Å²) in [6.07, 6.45) is -1.91. The van der Waals surface area contributed by atoms with Gasteiger partial charge in [0.25, 0.3) is 0 Å². The van der Waals surface area contributed by atoms with Crippen LogP contribution in [0.25, 0.3) is 0 Å². The Labute approximate surface area is 161 Å². The maximum absolute atomic E-state index is 12.4. The van der Waals surface area contributed by atoms with Gasteiger partial charge in [0.2, 0.25) is 0 Å². The van der Waals surface area contributed by atoms with E-state index in [9.17, 15) is 28.7 Å². The Hall–Kier alpha value is -2.48. The molecule has 9 nitrogen and oxygen atoms in total. The zero-order valence-electron chi connectivity index (χ0n) is 15.3. The van der Waals surface area contributed by atoms with Crippen molar-refractivity contribution in [2.45, 2.75) is 38.1 Å². The van der Waals surface area contributed by atoms with E-state index in [1.54, 1.807) is 25.1 Å². The predicted octanol–water partition coefficient (Wildman–Crippen LogP) is 1.58. The molecule has 0 heterocycles. The highest BCUT2D eigenvalue weighted by Crippen LogP contribution is 2.48. The summed E-state index contributed by atoms with van der Waals surface area (Å²) >= 11 is 0. The number of carbonyl (C=O) groups excluding carboxylic acids is 3. The molecule has 1 aliphatic carbocycles. The molecule has 1 aliphatic rings. The second kappa shape index (κ2) is 9.14. The predicted molar refractivity (Wildman–Crippen MR) is 96.4 cm³/mol. The Morgan fingerprint density at radius 2 is 1.75 bits per heavy atom. The van der Waals surface area contributed by atoms with Gasteiger partial charge in [-0.25, -0.2) is 9.59 Å². The number of rotatable bonds is 6. The lowest BCUT2D eigenvalue weighted by molar-refractivity contribution is -0.154. The van der Waals surface area contributed by atoms with Gasteiger partial charge in [0.1, 0.15) is 11.8 Å². The fraction of sp³-hybridized carbons (Fsp3) is 0.389. The number of benzene rings is 1. The molecule has 2 N–H and O–H groups in total. The van der Waals surface area contributed by atoms with Gasteiger partial charge in [0.05, 0.1) is 12.2 Å². The molecule has 0 saturated heterocycles. The fourth-order valence-electron chi connectivity index (χ4n) is 2.82. The SMILES string of the molecule is CCOC(=O)C1=C[C@@H](P(=O)(O)O)[C@@H](OC(=O)c2ccccc2)[C@H](OC(C)=O)C1. The van der Waals surface area contributed by atoms with Crippen molar-refractivity contribution in [3.63, 3.8) is 0 Å². The largest absolute Gasteiger partial charge is 0.463 e. The standard InChI is InChI=1S/C18H21O9P/c1-3-25-17(20)13-9-14(26-11(2)19)16(15(10-13)28(22,23)24)27-18(21)12-7-5-4-6-8-12/h4-8,10,14-16H,3,9H2,1-2H3,(H2,22,23,24)/t14-,15-,16+/m1/s1. The Balaban J connectivity index is 2.41. The second-order valence-electron chi connectivity index (χ2n) is 6.08. The Morgan fingerprint density at radius 3 is 2.29 bits per heavy atom. The van der Waals surface area contributed by atoms with E-state index in [4.69, 9.17) is 14.2 Å². The molecule has 152 valence electrons. The molecule has 3 atom stereocenters. The van der Waals surface area contributed by atoms with Crippen molar-refractivity contribution < 1.29 is 42.9 Å². The van der Waals surface area contributed by atoms with Gasteiger partial charge in [-0.1, -0.05) is 24.3 Å².